The molecule has 2 aliphatic rings. The molecule has 0 N–H and O–H groups in total. The summed E-state index contributed by atoms with van der Waals surface area (Å²) in [5, 5.41) is 0. The highest BCUT2D eigenvalue weighted by molar-refractivity contribution is 5.89. The van der Waals surface area contributed by atoms with Crippen LogP contribution in [-0.2, 0) is 22.4 Å². The Bertz CT molecular complexity index is 870. The molecule has 2 aliphatic heterocycles. The Hall–Kier alpha value is -2.86. The Morgan fingerprint density at radius 1 is 1.11 bits per heavy atom. The van der Waals surface area contributed by atoms with Gasteiger partial charge in [0.1, 0.15) is 6.61 Å². The molecule has 146 valence electrons. The molecule has 2 aromatic rings. The fraction of sp³-hybridized carbons (Fsp3) is 0.364. The largest absolute Gasteiger partial charge is 0.465 e. The number of amides is 1. The molecular formula is C22H24N2O4. The zero-order chi connectivity index (χ0) is 19.6. The number of esters is 1. The first kappa shape index (κ1) is 18.5. The van der Waals surface area contributed by atoms with E-state index in [0.29, 0.717) is 25.3 Å². The summed E-state index contributed by atoms with van der Waals surface area (Å²) >= 11 is 0. The molecule has 1 atom stereocenters. The molecule has 4 rings (SSSR count). The van der Waals surface area contributed by atoms with Crippen molar-refractivity contribution in [3.05, 3.63) is 71.3 Å². The second kappa shape index (κ2) is 7.64. The highest BCUT2D eigenvalue weighted by Crippen LogP contribution is 2.33. The number of cyclic esters (lactones) is 1. The lowest BCUT2D eigenvalue weighted by Crippen LogP contribution is -2.62. The number of carbonyl (C=O) groups excluding carboxylic acids is 2. The van der Waals surface area contributed by atoms with Gasteiger partial charge in [-0.2, -0.15) is 0 Å². The zero-order valence-corrected chi connectivity index (χ0v) is 16.0. The number of ether oxygens (including phenoxy) is 2. The third-order valence-corrected chi connectivity index (χ3v) is 5.55. The minimum atomic E-state index is -0.351. The van der Waals surface area contributed by atoms with E-state index in [4.69, 9.17) is 9.47 Å². The van der Waals surface area contributed by atoms with Gasteiger partial charge in [-0.25, -0.2) is 9.59 Å². The van der Waals surface area contributed by atoms with Gasteiger partial charge in [-0.1, -0.05) is 42.5 Å². The Labute approximate surface area is 164 Å². The van der Waals surface area contributed by atoms with E-state index in [1.807, 2.05) is 41.3 Å². The van der Waals surface area contributed by atoms with Gasteiger partial charge in [0.2, 0.25) is 0 Å². The van der Waals surface area contributed by atoms with E-state index >= 15 is 0 Å². The first-order chi connectivity index (χ1) is 13.6. The third-order valence-electron chi connectivity index (χ3n) is 5.55. The number of benzene rings is 2. The molecule has 28 heavy (non-hydrogen) atoms. The zero-order valence-electron chi connectivity index (χ0n) is 16.0. The fourth-order valence-electron chi connectivity index (χ4n) is 4.23. The number of methoxy groups -OCH3 is 1. The Balaban J connectivity index is 1.53. The van der Waals surface area contributed by atoms with Crippen molar-refractivity contribution in [2.75, 3.05) is 33.4 Å². The predicted molar refractivity (Wildman–Crippen MR) is 104 cm³/mol. The summed E-state index contributed by atoms with van der Waals surface area (Å²) in [4.78, 5) is 28.3. The Morgan fingerprint density at radius 3 is 2.68 bits per heavy atom. The molecule has 6 nitrogen and oxygen atoms in total. The van der Waals surface area contributed by atoms with Gasteiger partial charge < -0.3 is 9.47 Å². The summed E-state index contributed by atoms with van der Waals surface area (Å²) in [7, 11) is 1.39. The molecule has 2 fully saturated rings. The maximum absolute atomic E-state index is 12.3. The molecule has 0 spiro atoms. The van der Waals surface area contributed by atoms with Crippen molar-refractivity contribution in [2.24, 2.45) is 0 Å². The molecule has 2 heterocycles. The molecule has 0 bridgehead atoms. The quantitative estimate of drug-likeness (QED) is 0.747. The normalized spacial score (nSPS) is 21.9. The lowest BCUT2D eigenvalue weighted by atomic mass is 9.88. The maximum Gasteiger partial charge on any atom is 0.410 e. The summed E-state index contributed by atoms with van der Waals surface area (Å²) in [6.07, 6.45) is 0.543. The molecule has 0 aromatic heterocycles. The van der Waals surface area contributed by atoms with Gasteiger partial charge in [-0.05, 0) is 23.3 Å². The Kier molecular flexibility index (Phi) is 5.05. The number of fused-ring (bicyclic) bond motifs is 1. The van der Waals surface area contributed by atoms with Crippen LogP contribution in [0.15, 0.2) is 54.6 Å². The van der Waals surface area contributed by atoms with Gasteiger partial charge in [0, 0.05) is 32.6 Å². The smallest absolute Gasteiger partial charge is 0.410 e. The van der Waals surface area contributed by atoms with Gasteiger partial charge in [0.05, 0.1) is 18.2 Å². The van der Waals surface area contributed by atoms with Crippen molar-refractivity contribution in [3.63, 3.8) is 0 Å². The first-order valence-electron chi connectivity index (χ1n) is 9.48. The maximum atomic E-state index is 12.3. The van der Waals surface area contributed by atoms with Crippen molar-refractivity contribution in [1.29, 1.82) is 0 Å². The molecule has 0 radical (unpaired) electrons. The summed E-state index contributed by atoms with van der Waals surface area (Å²) in [6.45, 7) is 3.26. The highest BCUT2D eigenvalue weighted by Gasteiger charge is 2.50. The molecule has 2 saturated heterocycles. The van der Waals surface area contributed by atoms with Crippen LogP contribution in [0.2, 0.25) is 0 Å². The summed E-state index contributed by atoms with van der Waals surface area (Å²) < 4.78 is 10.3. The molecule has 0 saturated carbocycles. The molecule has 2 aromatic carbocycles. The molecule has 1 unspecified atom stereocenters. The SMILES string of the molecule is COC(=O)c1cccc(CN2CCN3C(=O)OCC3(Cc3ccccc3)C2)c1. The second-order valence-electron chi connectivity index (χ2n) is 7.50. The standard InChI is InChI=1S/C22H24N2O4/c1-27-20(25)19-9-5-8-18(12-19)14-23-10-11-24-21(26)28-16-22(24,15-23)13-17-6-3-2-4-7-17/h2-9,12H,10-11,13-16H2,1H3. The summed E-state index contributed by atoms with van der Waals surface area (Å²) in [5.41, 5.74) is 2.45. The third kappa shape index (κ3) is 3.60. The van der Waals surface area contributed by atoms with Crippen molar-refractivity contribution in [1.82, 2.24) is 9.80 Å². The van der Waals surface area contributed by atoms with Crippen LogP contribution in [0.3, 0.4) is 0 Å². The highest BCUT2D eigenvalue weighted by atomic mass is 16.6. The number of piperazine rings is 1. The number of hydrogen-bond donors (Lipinski definition) is 0. The van der Waals surface area contributed by atoms with Crippen LogP contribution < -0.4 is 0 Å². The number of rotatable bonds is 5. The van der Waals surface area contributed by atoms with Gasteiger partial charge in [0.15, 0.2) is 0 Å². The van der Waals surface area contributed by atoms with E-state index in [-0.39, 0.29) is 17.6 Å². The van der Waals surface area contributed by atoms with Gasteiger partial charge in [-0.15, -0.1) is 0 Å². The van der Waals surface area contributed by atoms with E-state index in [1.54, 1.807) is 6.07 Å². The van der Waals surface area contributed by atoms with Crippen LogP contribution in [0.5, 0.6) is 0 Å². The molecular weight excluding hydrogens is 356 g/mol. The second-order valence-corrected chi connectivity index (χ2v) is 7.50. The van der Waals surface area contributed by atoms with Crippen molar-refractivity contribution in [3.8, 4) is 0 Å². The van der Waals surface area contributed by atoms with Crippen LogP contribution in [0.1, 0.15) is 21.5 Å². The van der Waals surface area contributed by atoms with E-state index in [9.17, 15) is 9.59 Å². The van der Waals surface area contributed by atoms with E-state index in [2.05, 4.69) is 17.0 Å². The van der Waals surface area contributed by atoms with Gasteiger partial charge in [0.25, 0.3) is 0 Å². The lowest BCUT2D eigenvalue weighted by Gasteiger charge is -2.45. The lowest BCUT2D eigenvalue weighted by molar-refractivity contribution is 0.0475. The van der Waals surface area contributed by atoms with Gasteiger partial charge in [-0.3, -0.25) is 9.80 Å². The van der Waals surface area contributed by atoms with Crippen molar-refractivity contribution < 1.29 is 19.1 Å². The number of carbonyl (C=O) groups is 2. The van der Waals surface area contributed by atoms with Crippen molar-refractivity contribution in [2.45, 2.75) is 18.5 Å². The molecule has 6 heteroatoms. The minimum Gasteiger partial charge on any atom is -0.465 e. The summed E-state index contributed by atoms with van der Waals surface area (Å²) in [6, 6.07) is 17.7. The number of hydrogen-bond acceptors (Lipinski definition) is 5. The topological polar surface area (TPSA) is 59.1 Å². The van der Waals surface area contributed by atoms with Crippen LogP contribution in [-0.4, -0.2) is 60.8 Å². The van der Waals surface area contributed by atoms with Gasteiger partial charge >= 0.3 is 12.1 Å². The van der Waals surface area contributed by atoms with Crippen LogP contribution in [0, 0.1) is 0 Å². The predicted octanol–water partition coefficient (Wildman–Crippen LogP) is 2.72. The fourth-order valence-corrected chi connectivity index (χ4v) is 4.23. The molecule has 0 aliphatic carbocycles. The van der Waals surface area contributed by atoms with Crippen LogP contribution >= 0.6 is 0 Å². The van der Waals surface area contributed by atoms with Crippen molar-refractivity contribution >= 4 is 12.1 Å². The van der Waals surface area contributed by atoms with E-state index in [0.717, 1.165) is 25.1 Å². The van der Waals surface area contributed by atoms with Crippen LogP contribution in [0.4, 0.5) is 4.79 Å². The first-order valence-corrected chi connectivity index (χ1v) is 9.48. The average Bonchev–Trinajstić information content (AvgIpc) is 3.04. The van der Waals surface area contributed by atoms with Crippen LogP contribution in [0.25, 0.3) is 0 Å². The Morgan fingerprint density at radius 2 is 1.89 bits per heavy atom. The number of nitrogens with zero attached hydrogens (tertiary/aromatic N) is 2. The molecule has 1 amide bonds. The van der Waals surface area contributed by atoms with E-state index in [1.165, 1.54) is 12.7 Å². The monoisotopic (exact) mass is 380 g/mol. The van der Waals surface area contributed by atoms with E-state index < -0.39 is 0 Å². The average molecular weight is 380 g/mol. The minimum absolute atomic E-state index is 0.219. The summed E-state index contributed by atoms with van der Waals surface area (Å²) in [5.74, 6) is -0.331.